The van der Waals surface area contributed by atoms with Crippen LogP contribution in [-0.4, -0.2) is 24.3 Å². The largest absolute Gasteiger partial charge is 0.352 e. The average Bonchev–Trinajstić information content (AvgIpc) is 2.63. The summed E-state index contributed by atoms with van der Waals surface area (Å²) in [6.45, 7) is 4.62. The second-order valence-electron chi connectivity index (χ2n) is 6.96. The summed E-state index contributed by atoms with van der Waals surface area (Å²) >= 11 is 0. The van der Waals surface area contributed by atoms with E-state index in [4.69, 9.17) is 0 Å². The lowest BCUT2D eigenvalue weighted by molar-refractivity contribution is -0.139. The van der Waals surface area contributed by atoms with Crippen LogP contribution < -0.4 is 15.8 Å². The van der Waals surface area contributed by atoms with Gasteiger partial charge in [0.25, 0.3) is 5.91 Å². The van der Waals surface area contributed by atoms with Crippen LogP contribution >= 0.6 is 0 Å². The molecule has 1 aromatic rings. The summed E-state index contributed by atoms with van der Waals surface area (Å²) in [6, 6.07) is 6.76. The van der Waals surface area contributed by atoms with E-state index in [0.717, 1.165) is 0 Å². The lowest BCUT2D eigenvalue weighted by atomic mass is 9.80. The number of nitrogens with one attached hydrogen (secondary N) is 2. The molecule has 0 radical (unpaired) electrons. The van der Waals surface area contributed by atoms with Gasteiger partial charge in [-0.05, 0) is 37.0 Å². The number of benzene rings is 1. The Morgan fingerprint density at radius 1 is 1.24 bits per heavy atom. The van der Waals surface area contributed by atoms with Crippen LogP contribution in [0.4, 0.5) is 5.69 Å². The molecule has 1 heterocycles. The number of amides is 3. The fraction of sp³-hybridized carbons (Fsp3) is 0.421. The quantitative estimate of drug-likeness (QED) is 0.823. The van der Waals surface area contributed by atoms with Crippen molar-refractivity contribution < 1.29 is 14.4 Å². The third kappa shape index (κ3) is 3.57. The third-order valence-electron chi connectivity index (χ3n) is 4.57. The first-order valence-corrected chi connectivity index (χ1v) is 8.65. The summed E-state index contributed by atoms with van der Waals surface area (Å²) in [4.78, 5) is 37.4. The molecule has 2 N–H and O–H groups in total. The van der Waals surface area contributed by atoms with E-state index in [0.29, 0.717) is 36.6 Å². The summed E-state index contributed by atoms with van der Waals surface area (Å²) in [6.07, 6.45) is 5.06. The first-order chi connectivity index (χ1) is 12.0. The van der Waals surface area contributed by atoms with Gasteiger partial charge in [-0.15, -0.1) is 0 Å². The second-order valence-corrected chi connectivity index (χ2v) is 6.96. The topological polar surface area (TPSA) is 78.5 Å². The van der Waals surface area contributed by atoms with Gasteiger partial charge < -0.3 is 5.32 Å². The van der Waals surface area contributed by atoms with E-state index in [1.807, 2.05) is 26.0 Å². The Morgan fingerprint density at radius 2 is 1.96 bits per heavy atom. The zero-order chi connectivity index (χ0) is 18.0. The van der Waals surface area contributed by atoms with Crippen molar-refractivity contribution in [3.8, 4) is 0 Å². The summed E-state index contributed by atoms with van der Waals surface area (Å²) in [7, 11) is 0. The summed E-state index contributed by atoms with van der Waals surface area (Å²) in [5.41, 5.74) is 3.64. The van der Waals surface area contributed by atoms with E-state index < -0.39 is 0 Å². The molecule has 0 spiro atoms. The molecule has 132 valence electrons. The molecular formula is C19H23N3O3. The number of hydrogen-bond donors (Lipinski definition) is 2. The highest BCUT2D eigenvalue weighted by atomic mass is 16.2. The minimum atomic E-state index is -0.336. The molecule has 2 aliphatic rings. The van der Waals surface area contributed by atoms with Crippen molar-refractivity contribution in [3.05, 3.63) is 42.0 Å². The molecule has 1 saturated heterocycles. The first kappa shape index (κ1) is 17.2. The van der Waals surface area contributed by atoms with Gasteiger partial charge >= 0.3 is 0 Å². The smallest absolute Gasteiger partial charge is 0.251 e. The molecule has 1 aliphatic heterocycles. The Hall–Kier alpha value is -2.63. The molecule has 1 aliphatic carbocycles. The van der Waals surface area contributed by atoms with Crippen molar-refractivity contribution in [2.24, 2.45) is 17.8 Å². The minimum Gasteiger partial charge on any atom is -0.352 e. The highest BCUT2D eigenvalue weighted by Gasteiger charge is 2.42. The van der Waals surface area contributed by atoms with Crippen molar-refractivity contribution in [2.45, 2.75) is 26.7 Å². The maximum Gasteiger partial charge on any atom is 0.251 e. The first-order valence-electron chi connectivity index (χ1n) is 8.65. The molecule has 1 fully saturated rings. The highest BCUT2D eigenvalue weighted by molar-refractivity contribution is 6.05. The average molecular weight is 341 g/mol. The number of anilines is 1. The molecule has 1 aromatic carbocycles. The van der Waals surface area contributed by atoms with Gasteiger partial charge in [0.2, 0.25) is 11.8 Å². The number of fused-ring (bicyclic) bond motifs is 1. The predicted octanol–water partition coefficient (Wildman–Crippen LogP) is 2.03. The van der Waals surface area contributed by atoms with Crippen LogP contribution in [0.15, 0.2) is 36.4 Å². The van der Waals surface area contributed by atoms with Crippen molar-refractivity contribution in [1.82, 2.24) is 10.7 Å². The van der Waals surface area contributed by atoms with Crippen molar-refractivity contribution in [2.75, 3.05) is 11.6 Å². The molecule has 25 heavy (non-hydrogen) atoms. The molecule has 0 saturated carbocycles. The van der Waals surface area contributed by atoms with Gasteiger partial charge in [-0.1, -0.05) is 32.1 Å². The Bertz CT molecular complexity index is 726. The molecule has 0 bridgehead atoms. The SMILES string of the molecule is CC(C)CNC(=O)c1cccc(N2NC(=O)[C@H]3CC=CC[C@H]3C2=O)c1. The lowest BCUT2D eigenvalue weighted by Crippen LogP contribution is -2.59. The summed E-state index contributed by atoms with van der Waals surface area (Å²) < 4.78 is 0. The fourth-order valence-corrected chi connectivity index (χ4v) is 3.17. The Morgan fingerprint density at radius 3 is 2.68 bits per heavy atom. The Balaban J connectivity index is 1.81. The Kier molecular flexibility index (Phi) is 4.88. The van der Waals surface area contributed by atoms with Gasteiger partial charge in [-0.3, -0.25) is 19.8 Å². The van der Waals surface area contributed by atoms with Crippen LogP contribution in [0.3, 0.4) is 0 Å². The van der Waals surface area contributed by atoms with Gasteiger partial charge in [-0.25, -0.2) is 5.01 Å². The normalized spacial score (nSPS) is 22.6. The minimum absolute atomic E-state index is 0.131. The van der Waals surface area contributed by atoms with Gasteiger partial charge in [0.15, 0.2) is 0 Å². The van der Waals surface area contributed by atoms with Crippen LogP contribution in [0.1, 0.15) is 37.0 Å². The number of rotatable bonds is 4. The van der Waals surface area contributed by atoms with E-state index in [1.165, 1.54) is 5.01 Å². The van der Waals surface area contributed by atoms with Crippen molar-refractivity contribution >= 4 is 23.4 Å². The van der Waals surface area contributed by atoms with Crippen molar-refractivity contribution in [3.63, 3.8) is 0 Å². The van der Waals surface area contributed by atoms with Crippen LogP contribution in [-0.2, 0) is 9.59 Å². The molecule has 3 amide bonds. The van der Waals surface area contributed by atoms with Crippen LogP contribution in [0, 0.1) is 17.8 Å². The van der Waals surface area contributed by atoms with Gasteiger partial charge in [0.05, 0.1) is 17.5 Å². The van der Waals surface area contributed by atoms with E-state index >= 15 is 0 Å². The van der Waals surface area contributed by atoms with E-state index in [1.54, 1.807) is 24.3 Å². The van der Waals surface area contributed by atoms with Gasteiger partial charge in [0.1, 0.15) is 0 Å². The number of hydrazine groups is 1. The van der Waals surface area contributed by atoms with Crippen LogP contribution in [0.25, 0.3) is 0 Å². The maximum absolute atomic E-state index is 12.8. The fourth-order valence-electron chi connectivity index (χ4n) is 3.17. The van der Waals surface area contributed by atoms with Gasteiger partial charge in [0, 0.05) is 12.1 Å². The molecular weight excluding hydrogens is 318 g/mol. The predicted molar refractivity (Wildman–Crippen MR) is 94.6 cm³/mol. The standard InChI is InChI=1S/C19H23N3O3/c1-12(2)11-20-17(23)13-6-5-7-14(10-13)22-19(25)16-9-4-3-8-15(16)18(24)21-22/h3-7,10,12,15-16H,8-9,11H2,1-2H3,(H,20,23)(H,21,24)/t15-,16+/m0/s1. The molecule has 3 rings (SSSR count). The van der Waals surface area contributed by atoms with E-state index in [2.05, 4.69) is 10.7 Å². The lowest BCUT2D eigenvalue weighted by Gasteiger charge is -2.38. The third-order valence-corrected chi connectivity index (χ3v) is 4.57. The number of nitrogens with zero attached hydrogens (tertiary/aromatic N) is 1. The zero-order valence-electron chi connectivity index (χ0n) is 14.5. The number of allylic oxidation sites excluding steroid dienone is 2. The summed E-state index contributed by atoms with van der Waals surface area (Å²) in [5.74, 6) is -0.753. The molecule has 6 nitrogen and oxygen atoms in total. The number of hydrogen-bond acceptors (Lipinski definition) is 3. The zero-order valence-corrected chi connectivity index (χ0v) is 14.5. The molecule has 6 heteroatoms. The second kappa shape index (κ2) is 7.09. The monoisotopic (exact) mass is 341 g/mol. The highest BCUT2D eigenvalue weighted by Crippen LogP contribution is 2.32. The molecule has 0 aromatic heterocycles. The van der Waals surface area contributed by atoms with Crippen LogP contribution in [0.2, 0.25) is 0 Å². The maximum atomic E-state index is 12.8. The number of carbonyl (C=O) groups is 3. The van der Waals surface area contributed by atoms with Crippen molar-refractivity contribution in [1.29, 1.82) is 0 Å². The molecule has 2 atom stereocenters. The summed E-state index contributed by atoms with van der Waals surface area (Å²) in [5, 5.41) is 4.13. The Labute approximate surface area is 147 Å². The molecule has 0 unspecified atom stereocenters. The van der Waals surface area contributed by atoms with E-state index in [9.17, 15) is 14.4 Å². The van der Waals surface area contributed by atoms with Gasteiger partial charge in [-0.2, -0.15) is 0 Å². The van der Waals surface area contributed by atoms with E-state index in [-0.39, 0.29) is 29.6 Å². The van der Waals surface area contributed by atoms with Crippen LogP contribution in [0.5, 0.6) is 0 Å². The number of carbonyl (C=O) groups excluding carboxylic acids is 3.